The Hall–Kier alpha value is -6.92. The van der Waals surface area contributed by atoms with E-state index in [-0.39, 0.29) is 36.7 Å². The lowest BCUT2D eigenvalue weighted by Crippen LogP contribution is -2.43. The van der Waals surface area contributed by atoms with Crippen LogP contribution in [0.2, 0.25) is 0 Å². The molecule has 2 aliphatic heterocycles. The van der Waals surface area contributed by atoms with Gasteiger partial charge in [-0.15, -0.1) is 0 Å². The number of aliphatic hydroxyl groups is 1. The van der Waals surface area contributed by atoms with Gasteiger partial charge in [-0.05, 0) is 104 Å². The van der Waals surface area contributed by atoms with Crippen LogP contribution in [-0.2, 0) is 25.8 Å². The van der Waals surface area contributed by atoms with Gasteiger partial charge in [0.25, 0.3) is 0 Å². The molecule has 4 aromatic carbocycles. The molecule has 57 heavy (non-hydrogen) atoms. The largest absolute Gasteiger partial charge is 0.463 e. The van der Waals surface area contributed by atoms with E-state index in [1.807, 2.05) is 54.6 Å². The highest BCUT2D eigenvalue weighted by atomic mass is 16.4. The summed E-state index contributed by atoms with van der Waals surface area (Å²) in [7, 11) is 0. The molecule has 0 radical (unpaired) electrons. The summed E-state index contributed by atoms with van der Waals surface area (Å²) in [5.74, 6) is -3.93. The van der Waals surface area contributed by atoms with Crippen LogP contribution in [0.1, 0.15) is 30.3 Å². The number of carbonyl (C=O) groups is 4. The van der Waals surface area contributed by atoms with E-state index in [0.29, 0.717) is 63.4 Å². The summed E-state index contributed by atoms with van der Waals surface area (Å²) < 4.78 is 18.0. The van der Waals surface area contributed by atoms with Crippen molar-refractivity contribution in [2.24, 2.45) is 29.6 Å². The summed E-state index contributed by atoms with van der Waals surface area (Å²) in [6.07, 6.45) is 2.48. The van der Waals surface area contributed by atoms with E-state index in [2.05, 4.69) is 9.97 Å². The molecule has 7 aromatic rings. The Kier molecular flexibility index (Phi) is 7.36. The van der Waals surface area contributed by atoms with E-state index in [1.54, 1.807) is 60.7 Å². The molecule has 4 aliphatic rings. The number of oxazole rings is 2. The molecule has 2 saturated heterocycles. The highest BCUT2D eigenvalue weighted by Gasteiger charge is 2.63. The van der Waals surface area contributed by atoms with Crippen molar-refractivity contribution in [3.05, 3.63) is 132 Å². The zero-order valence-corrected chi connectivity index (χ0v) is 30.1. The molecule has 280 valence electrons. The quantitative estimate of drug-likeness (QED) is 0.134. The summed E-state index contributed by atoms with van der Waals surface area (Å²) in [4.78, 5) is 69.3. The molecule has 1 N–H and O–H groups in total. The maximum absolute atomic E-state index is 14.5. The van der Waals surface area contributed by atoms with Crippen molar-refractivity contribution in [2.45, 2.75) is 25.4 Å². The van der Waals surface area contributed by atoms with Crippen LogP contribution in [0.5, 0.6) is 0 Å². The molecule has 3 fully saturated rings. The van der Waals surface area contributed by atoms with E-state index in [1.165, 1.54) is 9.80 Å². The number of benzene rings is 4. The Labute approximate surface area is 324 Å². The van der Waals surface area contributed by atoms with Gasteiger partial charge in [-0.2, -0.15) is 0 Å². The SMILES string of the molecule is O=C1C2CC=C3C(CC4C(=O)N(c5ccc(-c6nc7ccccc7o6)cc5)C(=O)C4C3c3ccc(CO)o3)C2C(=O)N1c1ccc(-c2nc3ccccc3o2)cc1. The first-order chi connectivity index (χ1) is 27.9. The molecule has 0 spiro atoms. The minimum atomic E-state index is -0.811. The maximum Gasteiger partial charge on any atom is 0.238 e. The van der Waals surface area contributed by atoms with Gasteiger partial charge in [-0.25, -0.2) is 9.97 Å². The summed E-state index contributed by atoms with van der Waals surface area (Å²) in [5, 5.41) is 9.89. The Morgan fingerprint density at radius 1 is 0.579 bits per heavy atom. The summed E-state index contributed by atoms with van der Waals surface area (Å²) >= 11 is 0. The van der Waals surface area contributed by atoms with Crippen LogP contribution >= 0.6 is 0 Å². The first-order valence-electron chi connectivity index (χ1n) is 18.9. The van der Waals surface area contributed by atoms with E-state index in [9.17, 15) is 24.3 Å². The molecule has 6 atom stereocenters. The van der Waals surface area contributed by atoms with Crippen LogP contribution in [0.4, 0.5) is 11.4 Å². The van der Waals surface area contributed by atoms with Gasteiger partial charge in [-0.3, -0.25) is 29.0 Å². The van der Waals surface area contributed by atoms with Crippen LogP contribution in [0.15, 0.2) is 134 Å². The number of anilines is 2. The van der Waals surface area contributed by atoms with Gasteiger partial charge >= 0.3 is 0 Å². The number of allylic oxidation sites excluding steroid dienone is 2. The predicted octanol–water partition coefficient (Wildman–Crippen LogP) is 7.43. The molecule has 12 nitrogen and oxygen atoms in total. The number of nitrogens with zero attached hydrogens (tertiary/aromatic N) is 4. The molecule has 6 unspecified atom stereocenters. The Balaban J connectivity index is 0.917. The highest BCUT2D eigenvalue weighted by molar-refractivity contribution is 6.24. The van der Waals surface area contributed by atoms with Crippen LogP contribution in [0, 0.1) is 29.6 Å². The molecule has 12 heteroatoms. The van der Waals surface area contributed by atoms with Crippen molar-refractivity contribution in [3.63, 3.8) is 0 Å². The molecule has 2 aliphatic carbocycles. The van der Waals surface area contributed by atoms with Gasteiger partial charge in [0, 0.05) is 11.1 Å². The summed E-state index contributed by atoms with van der Waals surface area (Å²) in [6.45, 7) is -0.341. The number of aromatic nitrogens is 2. The third-order valence-electron chi connectivity index (χ3n) is 12.1. The van der Waals surface area contributed by atoms with E-state index >= 15 is 0 Å². The van der Waals surface area contributed by atoms with E-state index in [4.69, 9.17) is 13.3 Å². The molecule has 3 aromatic heterocycles. The number of hydrogen-bond donors (Lipinski definition) is 1. The number of fused-ring (bicyclic) bond motifs is 6. The number of imide groups is 2. The van der Waals surface area contributed by atoms with Gasteiger partial charge in [0.2, 0.25) is 35.4 Å². The second-order valence-electron chi connectivity index (χ2n) is 15.1. The number of para-hydroxylation sites is 4. The fraction of sp³-hybridized carbons (Fsp3) is 0.200. The van der Waals surface area contributed by atoms with Crippen molar-refractivity contribution in [1.29, 1.82) is 0 Å². The molecule has 5 heterocycles. The molecular weight excluding hydrogens is 725 g/mol. The van der Waals surface area contributed by atoms with Crippen LogP contribution < -0.4 is 9.80 Å². The van der Waals surface area contributed by atoms with Crippen LogP contribution in [-0.4, -0.2) is 38.7 Å². The fourth-order valence-electron chi connectivity index (χ4n) is 9.56. The van der Waals surface area contributed by atoms with Gasteiger partial charge in [-0.1, -0.05) is 35.9 Å². The minimum absolute atomic E-state index is 0.216. The third kappa shape index (κ3) is 5.03. The van der Waals surface area contributed by atoms with E-state index < -0.39 is 35.5 Å². The number of carbonyl (C=O) groups excluding carboxylic acids is 4. The van der Waals surface area contributed by atoms with Crippen molar-refractivity contribution in [2.75, 3.05) is 9.80 Å². The standard InChI is InChI=1S/C45H32N4O8/c50-22-27-17-20-36(55-27)38-28-18-19-29-37(44(53)48(42(29)51)25-13-9-23(10-14-25)40-46-32-5-1-3-7-34(32)56-40)30(28)21-31-39(38)45(54)49(43(31)52)26-15-11-24(12-16-26)41-47-33-6-2-4-8-35(33)57-41/h1-18,20,29-31,37-39,50H,19,21-22H2. The predicted molar refractivity (Wildman–Crippen MR) is 206 cm³/mol. The fourth-order valence-corrected chi connectivity index (χ4v) is 9.56. The highest BCUT2D eigenvalue weighted by Crippen LogP contribution is 2.58. The van der Waals surface area contributed by atoms with Gasteiger partial charge < -0.3 is 18.4 Å². The van der Waals surface area contributed by atoms with Crippen LogP contribution in [0.3, 0.4) is 0 Å². The maximum atomic E-state index is 14.5. The molecule has 11 rings (SSSR count). The minimum Gasteiger partial charge on any atom is -0.463 e. The zero-order chi connectivity index (χ0) is 38.5. The molecule has 0 bridgehead atoms. The average molecular weight is 757 g/mol. The molecule has 1 saturated carbocycles. The Bertz CT molecular complexity index is 2770. The number of furan rings is 1. The number of hydrogen-bond acceptors (Lipinski definition) is 10. The number of rotatable bonds is 6. The van der Waals surface area contributed by atoms with Crippen molar-refractivity contribution in [3.8, 4) is 22.9 Å². The number of amides is 4. The third-order valence-corrected chi connectivity index (χ3v) is 12.1. The zero-order valence-electron chi connectivity index (χ0n) is 30.1. The van der Waals surface area contributed by atoms with E-state index in [0.717, 1.165) is 16.6 Å². The lowest BCUT2D eigenvalue weighted by atomic mass is 9.58. The number of aliphatic hydroxyl groups excluding tert-OH is 1. The van der Waals surface area contributed by atoms with Crippen molar-refractivity contribution in [1.82, 2.24) is 9.97 Å². The Morgan fingerprint density at radius 2 is 1.12 bits per heavy atom. The smallest absolute Gasteiger partial charge is 0.238 e. The van der Waals surface area contributed by atoms with Crippen molar-refractivity contribution >= 4 is 57.2 Å². The first kappa shape index (κ1) is 33.4. The summed E-state index contributed by atoms with van der Waals surface area (Å²) in [6, 6.07) is 32.2. The Morgan fingerprint density at radius 3 is 1.67 bits per heavy atom. The van der Waals surface area contributed by atoms with Gasteiger partial charge in [0.05, 0.1) is 41.0 Å². The topological polar surface area (TPSA) is 160 Å². The van der Waals surface area contributed by atoms with Crippen LogP contribution in [0.25, 0.3) is 45.1 Å². The monoisotopic (exact) mass is 756 g/mol. The van der Waals surface area contributed by atoms with Gasteiger partial charge in [0.15, 0.2) is 11.2 Å². The second kappa shape index (κ2) is 12.6. The lowest BCUT2D eigenvalue weighted by Gasteiger charge is -2.43. The van der Waals surface area contributed by atoms with Gasteiger partial charge in [0.1, 0.15) is 29.2 Å². The molecule has 4 amide bonds. The molecular formula is C45H32N4O8. The normalized spacial score (nSPS) is 24.3. The second-order valence-corrected chi connectivity index (χ2v) is 15.1. The average Bonchev–Trinajstić information content (AvgIpc) is 4.07. The first-order valence-corrected chi connectivity index (χ1v) is 18.9. The summed E-state index contributed by atoms with van der Waals surface area (Å²) in [5.41, 5.74) is 5.79. The van der Waals surface area contributed by atoms with Crippen molar-refractivity contribution < 1.29 is 37.5 Å². The lowest BCUT2D eigenvalue weighted by molar-refractivity contribution is -0.126.